The van der Waals surface area contributed by atoms with Crippen molar-refractivity contribution in [3.8, 4) is 0 Å². The standard InChI is InChI=1S/C6H9BrO2.C6H10O3/c2*1-3-9-6(8)5(2)4-7/h2-4H2,1H3;7H,2-4H2,1H3. The zero-order chi connectivity index (χ0) is 14.6. The number of hydrogen-bond acceptors (Lipinski definition) is 5. The van der Waals surface area contributed by atoms with Gasteiger partial charge < -0.3 is 14.6 Å². The van der Waals surface area contributed by atoms with Crippen LogP contribution in [0.3, 0.4) is 0 Å². The number of esters is 2. The van der Waals surface area contributed by atoms with Gasteiger partial charge in [-0.05, 0) is 13.8 Å². The maximum atomic E-state index is 10.6. The average molecular weight is 323 g/mol. The molecule has 0 aromatic carbocycles. The molecule has 0 fully saturated rings. The van der Waals surface area contributed by atoms with E-state index in [2.05, 4.69) is 38.6 Å². The Morgan fingerprint density at radius 2 is 1.44 bits per heavy atom. The van der Waals surface area contributed by atoms with E-state index in [4.69, 9.17) is 5.11 Å². The molecule has 0 aromatic rings. The van der Waals surface area contributed by atoms with E-state index >= 15 is 0 Å². The first-order valence-corrected chi connectivity index (χ1v) is 6.43. The van der Waals surface area contributed by atoms with Gasteiger partial charge in [-0.15, -0.1) is 0 Å². The number of hydrogen-bond donors (Lipinski definition) is 1. The summed E-state index contributed by atoms with van der Waals surface area (Å²) in [4.78, 5) is 21.1. The van der Waals surface area contributed by atoms with Crippen molar-refractivity contribution >= 4 is 27.9 Å². The SMILES string of the molecule is C=C(CBr)C(=O)OCC.C=C(CO)C(=O)OCC. The number of ether oxygens (including phenoxy) is 2. The normalized spacial score (nSPS) is 8.67. The first-order chi connectivity index (χ1) is 8.44. The predicted octanol–water partition coefficient (Wildman–Crippen LogP) is 1.60. The fourth-order valence-electron chi connectivity index (χ4n) is 0.585. The highest BCUT2D eigenvalue weighted by atomic mass is 79.9. The molecule has 0 amide bonds. The molecule has 6 heteroatoms. The monoisotopic (exact) mass is 322 g/mol. The molecule has 104 valence electrons. The second-order valence-corrected chi connectivity index (χ2v) is 3.50. The smallest absolute Gasteiger partial charge is 0.335 e. The summed E-state index contributed by atoms with van der Waals surface area (Å²) in [7, 11) is 0. The summed E-state index contributed by atoms with van der Waals surface area (Å²) in [6.45, 7) is 10.6. The molecule has 18 heavy (non-hydrogen) atoms. The first kappa shape index (κ1) is 19.2. The number of rotatable bonds is 6. The van der Waals surface area contributed by atoms with Gasteiger partial charge in [-0.3, -0.25) is 0 Å². The topological polar surface area (TPSA) is 72.8 Å². The minimum absolute atomic E-state index is 0.0943. The Balaban J connectivity index is 0. The lowest BCUT2D eigenvalue weighted by molar-refractivity contribution is -0.139. The van der Waals surface area contributed by atoms with Gasteiger partial charge >= 0.3 is 11.9 Å². The van der Waals surface area contributed by atoms with Gasteiger partial charge in [0.2, 0.25) is 0 Å². The van der Waals surface area contributed by atoms with Crippen molar-refractivity contribution in [3.05, 3.63) is 24.3 Å². The van der Waals surface area contributed by atoms with Crippen LogP contribution in [0.5, 0.6) is 0 Å². The molecule has 1 N–H and O–H groups in total. The van der Waals surface area contributed by atoms with Gasteiger partial charge in [0.05, 0.1) is 25.4 Å². The molecule has 0 saturated carbocycles. The molecule has 0 radical (unpaired) electrons. The van der Waals surface area contributed by atoms with Crippen molar-refractivity contribution in [3.63, 3.8) is 0 Å². The lowest BCUT2D eigenvalue weighted by Crippen LogP contribution is -2.08. The molecule has 5 nitrogen and oxygen atoms in total. The van der Waals surface area contributed by atoms with Crippen LogP contribution in [0.1, 0.15) is 13.8 Å². The molecule has 0 saturated heterocycles. The fourth-order valence-corrected chi connectivity index (χ4v) is 0.814. The number of aliphatic hydroxyl groups excluding tert-OH is 1. The van der Waals surface area contributed by atoms with Crippen LogP contribution in [0.2, 0.25) is 0 Å². The molecular weight excluding hydrogens is 304 g/mol. The number of alkyl halides is 1. The van der Waals surface area contributed by atoms with Crippen LogP contribution in [0, 0.1) is 0 Å². The minimum atomic E-state index is -0.528. The van der Waals surface area contributed by atoms with E-state index in [0.717, 1.165) is 0 Å². The fraction of sp³-hybridized carbons (Fsp3) is 0.500. The molecular formula is C12H19BrO5. The van der Waals surface area contributed by atoms with Crippen LogP contribution in [0.25, 0.3) is 0 Å². The Bertz CT molecular complexity index is 269. The van der Waals surface area contributed by atoms with Crippen LogP contribution in [0.15, 0.2) is 24.3 Å². The van der Waals surface area contributed by atoms with Crippen molar-refractivity contribution in [2.24, 2.45) is 0 Å². The highest BCUT2D eigenvalue weighted by Crippen LogP contribution is 1.98. The minimum Gasteiger partial charge on any atom is -0.463 e. The third-order valence-corrected chi connectivity index (χ3v) is 2.16. The molecule has 0 aliphatic heterocycles. The van der Waals surface area contributed by atoms with Gasteiger partial charge in [0, 0.05) is 10.9 Å². The highest BCUT2D eigenvalue weighted by Gasteiger charge is 2.04. The second kappa shape index (κ2) is 12.3. The molecule has 0 spiro atoms. The van der Waals surface area contributed by atoms with Crippen LogP contribution in [-0.2, 0) is 19.1 Å². The summed E-state index contributed by atoms with van der Waals surface area (Å²) in [5.74, 6) is -0.852. The van der Waals surface area contributed by atoms with E-state index in [1.807, 2.05) is 0 Å². The van der Waals surface area contributed by atoms with Crippen LogP contribution >= 0.6 is 15.9 Å². The van der Waals surface area contributed by atoms with Gasteiger partial charge in [-0.1, -0.05) is 29.1 Å². The van der Waals surface area contributed by atoms with Gasteiger partial charge in [-0.2, -0.15) is 0 Å². The molecule has 0 aliphatic carbocycles. The predicted molar refractivity (Wildman–Crippen MR) is 72.4 cm³/mol. The first-order valence-electron chi connectivity index (χ1n) is 5.31. The van der Waals surface area contributed by atoms with E-state index in [9.17, 15) is 9.59 Å². The number of halogens is 1. The van der Waals surface area contributed by atoms with Gasteiger partial charge in [0.25, 0.3) is 0 Å². The third-order valence-electron chi connectivity index (χ3n) is 1.48. The zero-order valence-corrected chi connectivity index (χ0v) is 12.3. The molecule has 0 aliphatic rings. The van der Waals surface area contributed by atoms with Crippen molar-refractivity contribution in [2.45, 2.75) is 13.8 Å². The average Bonchev–Trinajstić information content (AvgIpc) is 2.38. The van der Waals surface area contributed by atoms with E-state index in [1.165, 1.54) is 0 Å². The maximum absolute atomic E-state index is 10.6. The van der Waals surface area contributed by atoms with E-state index in [-0.39, 0.29) is 18.1 Å². The van der Waals surface area contributed by atoms with Gasteiger partial charge in [0.15, 0.2) is 0 Å². The quantitative estimate of drug-likeness (QED) is 0.457. The zero-order valence-electron chi connectivity index (χ0n) is 10.7. The van der Waals surface area contributed by atoms with Crippen LogP contribution < -0.4 is 0 Å². The molecule has 0 atom stereocenters. The second-order valence-electron chi connectivity index (χ2n) is 2.94. The largest absolute Gasteiger partial charge is 0.463 e. The van der Waals surface area contributed by atoms with E-state index < -0.39 is 5.97 Å². The Kier molecular flexibility index (Phi) is 13.1. The van der Waals surface area contributed by atoms with Crippen molar-refractivity contribution in [2.75, 3.05) is 25.2 Å². The summed E-state index contributed by atoms with van der Waals surface area (Å²) < 4.78 is 9.12. The van der Waals surface area contributed by atoms with E-state index in [1.54, 1.807) is 13.8 Å². The van der Waals surface area contributed by atoms with Gasteiger partial charge in [0.1, 0.15) is 0 Å². The summed E-state index contributed by atoms with van der Waals surface area (Å²) in [6.07, 6.45) is 0. The summed E-state index contributed by atoms with van der Waals surface area (Å²) in [6, 6.07) is 0. The van der Waals surface area contributed by atoms with Gasteiger partial charge in [-0.25, -0.2) is 9.59 Å². The summed E-state index contributed by atoms with van der Waals surface area (Å²) in [5, 5.41) is 8.81. The molecule has 0 heterocycles. The molecule has 0 bridgehead atoms. The molecule has 0 aromatic heterocycles. The lowest BCUT2D eigenvalue weighted by atomic mass is 10.3. The molecule has 0 rings (SSSR count). The maximum Gasteiger partial charge on any atom is 0.335 e. The third kappa shape index (κ3) is 10.0. The summed E-state index contributed by atoms with van der Waals surface area (Å²) in [5.41, 5.74) is 0.550. The van der Waals surface area contributed by atoms with Crippen molar-refractivity contribution in [1.29, 1.82) is 0 Å². The highest BCUT2D eigenvalue weighted by molar-refractivity contribution is 9.09. The Hall–Kier alpha value is -1.14. The molecule has 0 unspecified atom stereocenters. The number of aliphatic hydroxyl groups is 1. The van der Waals surface area contributed by atoms with Crippen molar-refractivity contribution < 1.29 is 24.2 Å². The van der Waals surface area contributed by atoms with Crippen LogP contribution in [-0.4, -0.2) is 42.2 Å². The van der Waals surface area contributed by atoms with Crippen LogP contribution in [0.4, 0.5) is 0 Å². The Labute approximate surface area is 116 Å². The number of carbonyl (C=O) groups excluding carboxylic acids is 2. The Morgan fingerprint density at radius 1 is 1.06 bits per heavy atom. The number of carbonyl (C=O) groups is 2. The lowest BCUT2D eigenvalue weighted by Gasteiger charge is -1.99. The van der Waals surface area contributed by atoms with Crippen molar-refractivity contribution in [1.82, 2.24) is 0 Å². The summed E-state index contributed by atoms with van der Waals surface area (Å²) >= 11 is 3.08. The Morgan fingerprint density at radius 3 is 1.72 bits per heavy atom. The van der Waals surface area contributed by atoms with E-state index in [0.29, 0.717) is 24.1 Å².